The Hall–Kier alpha value is -2.79. The highest BCUT2D eigenvalue weighted by Gasteiger charge is 2.57. The van der Waals surface area contributed by atoms with E-state index in [2.05, 4.69) is 19.9 Å². The molecule has 4 N–H and O–H groups in total. The summed E-state index contributed by atoms with van der Waals surface area (Å²) in [5, 5.41) is 0. The van der Waals surface area contributed by atoms with Crippen molar-refractivity contribution >= 4 is 17.1 Å². The lowest BCUT2D eigenvalue weighted by atomic mass is 10.1. The molecular formula is C19H21N5O5. The van der Waals surface area contributed by atoms with E-state index in [1.54, 1.807) is 0 Å². The lowest BCUT2D eigenvalue weighted by molar-refractivity contribution is -0.238. The molecule has 0 amide bonds. The van der Waals surface area contributed by atoms with E-state index in [1.165, 1.54) is 0 Å². The lowest BCUT2D eigenvalue weighted by Gasteiger charge is -2.23. The van der Waals surface area contributed by atoms with Gasteiger partial charge in [-0.05, 0) is 19.4 Å². The molecule has 0 radical (unpaired) electrons. The molecular weight excluding hydrogens is 378 g/mol. The van der Waals surface area contributed by atoms with Crippen LogP contribution in [0.25, 0.3) is 11.2 Å². The molecule has 0 saturated carbocycles. The van der Waals surface area contributed by atoms with Gasteiger partial charge in [-0.25, -0.2) is 4.98 Å². The van der Waals surface area contributed by atoms with Gasteiger partial charge in [0.25, 0.3) is 5.56 Å². The van der Waals surface area contributed by atoms with Crippen LogP contribution in [0.2, 0.25) is 0 Å². The van der Waals surface area contributed by atoms with E-state index >= 15 is 0 Å². The van der Waals surface area contributed by atoms with E-state index in [4.69, 9.17) is 24.7 Å². The van der Waals surface area contributed by atoms with Crippen LogP contribution in [0.5, 0.6) is 0 Å². The first-order valence-corrected chi connectivity index (χ1v) is 9.32. The number of anilines is 1. The average Bonchev–Trinajstić information content (AvgIpc) is 3.32. The van der Waals surface area contributed by atoms with Gasteiger partial charge < -0.3 is 29.7 Å². The van der Waals surface area contributed by atoms with Crippen molar-refractivity contribution < 1.29 is 18.9 Å². The lowest BCUT2D eigenvalue weighted by Crippen LogP contribution is -2.31. The minimum atomic E-state index is -0.794. The highest BCUT2D eigenvalue weighted by molar-refractivity contribution is 5.70. The minimum absolute atomic E-state index is 0.00331. The van der Waals surface area contributed by atoms with Gasteiger partial charge in [-0.1, -0.05) is 30.3 Å². The van der Waals surface area contributed by atoms with Gasteiger partial charge in [0.1, 0.15) is 24.1 Å². The van der Waals surface area contributed by atoms with Crippen molar-refractivity contribution in [1.29, 1.82) is 0 Å². The van der Waals surface area contributed by atoms with Crippen LogP contribution in [0.1, 0.15) is 31.3 Å². The fourth-order valence-electron chi connectivity index (χ4n) is 3.74. The van der Waals surface area contributed by atoms with Crippen LogP contribution < -0.4 is 11.3 Å². The van der Waals surface area contributed by atoms with Crippen LogP contribution >= 0.6 is 0 Å². The highest BCUT2D eigenvalue weighted by Crippen LogP contribution is 2.45. The third-order valence-corrected chi connectivity index (χ3v) is 4.94. The first-order chi connectivity index (χ1) is 13.9. The summed E-state index contributed by atoms with van der Waals surface area (Å²) in [6, 6.07) is 9.79. The summed E-state index contributed by atoms with van der Waals surface area (Å²) in [5.41, 5.74) is 6.66. The fourth-order valence-corrected chi connectivity index (χ4v) is 3.74. The Bertz CT molecular complexity index is 1100. The predicted molar refractivity (Wildman–Crippen MR) is 102 cm³/mol. The van der Waals surface area contributed by atoms with Crippen molar-refractivity contribution in [2.75, 3.05) is 5.73 Å². The van der Waals surface area contributed by atoms with Gasteiger partial charge in [0.15, 0.2) is 23.2 Å². The number of nitrogens with two attached hydrogens (primary N) is 1. The molecule has 4 heterocycles. The Morgan fingerprint density at radius 3 is 2.69 bits per heavy atom. The minimum Gasteiger partial charge on any atom is -0.369 e. The standard InChI is InChI=1S/C19H21N5O5/c1-19(2)28-11-12(15-21-10-14(22-15)23-18(20)24-16(10)25)27-17(13(11)29-19)26-8-9-6-4-3-5-7-9/h3-7,11-13,17H,8H2,1-2H3,(H4,20,21,22,23,24,25)/t11-,12+,13-,17-/m1/s1. The molecule has 0 spiro atoms. The summed E-state index contributed by atoms with van der Waals surface area (Å²) in [6.45, 7) is 4.04. The van der Waals surface area contributed by atoms with E-state index in [-0.39, 0.29) is 17.1 Å². The molecule has 0 bridgehead atoms. The van der Waals surface area contributed by atoms with Gasteiger partial charge in [-0.15, -0.1) is 0 Å². The first-order valence-electron chi connectivity index (χ1n) is 9.32. The van der Waals surface area contributed by atoms with E-state index in [0.717, 1.165) is 5.56 Å². The molecule has 29 heavy (non-hydrogen) atoms. The normalized spacial score (nSPS) is 28.1. The third kappa shape index (κ3) is 3.29. The van der Waals surface area contributed by atoms with Crippen LogP contribution in [-0.4, -0.2) is 44.2 Å². The van der Waals surface area contributed by atoms with E-state index < -0.39 is 35.9 Å². The number of nitrogens with zero attached hydrogens (tertiary/aromatic N) is 2. The number of H-pyrrole nitrogens is 2. The Kier molecular flexibility index (Phi) is 4.17. The van der Waals surface area contributed by atoms with Crippen LogP contribution in [0.15, 0.2) is 35.1 Å². The number of fused-ring (bicyclic) bond motifs is 2. The van der Waals surface area contributed by atoms with E-state index in [1.807, 2.05) is 44.2 Å². The van der Waals surface area contributed by atoms with Crippen LogP contribution in [0, 0.1) is 0 Å². The van der Waals surface area contributed by atoms with Gasteiger partial charge in [0.2, 0.25) is 5.95 Å². The summed E-state index contributed by atoms with van der Waals surface area (Å²) in [7, 11) is 0. The van der Waals surface area contributed by atoms with Crippen molar-refractivity contribution in [2.24, 2.45) is 0 Å². The monoisotopic (exact) mass is 399 g/mol. The molecule has 0 unspecified atom stereocenters. The van der Waals surface area contributed by atoms with E-state index in [9.17, 15) is 4.79 Å². The smallest absolute Gasteiger partial charge is 0.278 e. The highest BCUT2D eigenvalue weighted by atomic mass is 16.8. The Labute approximate surface area is 165 Å². The van der Waals surface area contributed by atoms with Crippen molar-refractivity contribution in [3.05, 3.63) is 52.1 Å². The number of imidazole rings is 1. The molecule has 5 rings (SSSR count). The number of nitrogen functional groups attached to an aromatic ring is 1. The molecule has 152 valence electrons. The Morgan fingerprint density at radius 2 is 1.90 bits per heavy atom. The van der Waals surface area contributed by atoms with Gasteiger partial charge >= 0.3 is 0 Å². The second-order valence-corrected chi connectivity index (χ2v) is 7.56. The second-order valence-electron chi connectivity index (χ2n) is 7.56. The maximum Gasteiger partial charge on any atom is 0.278 e. The van der Waals surface area contributed by atoms with Crippen LogP contribution in [0.3, 0.4) is 0 Å². The van der Waals surface area contributed by atoms with Crippen molar-refractivity contribution in [1.82, 2.24) is 19.9 Å². The van der Waals surface area contributed by atoms with E-state index in [0.29, 0.717) is 12.4 Å². The van der Waals surface area contributed by atoms with Gasteiger partial charge in [-0.3, -0.25) is 9.78 Å². The third-order valence-electron chi connectivity index (χ3n) is 4.94. The molecule has 1 aromatic carbocycles. The quantitative estimate of drug-likeness (QED) is 0.598. The zero-order valence-electron chi connectivity index (χ0n) is 15.9. The summed E-state index contributed by atoms with van der Waals surface area (Å²) >= 11 is 0. The predicted octanol–water partition coefficient (Wildman–Crippen LogP) is 1.36. The molecule has 2 saturated heterocycles. The molecule has 3 aromatic rings. The topological polar surface area (TPSA) is 137 Å². The molecule has 2 fully saturated rings. The fraction of sp³-hybridized carbons (Fsp3) is 0.421. The number of nitrogens with one attached hydrogen (secondary N) is 2. The number of ether oxygens (including phenoxy) is 4. The molecule has 2 aromatic heterocycles. The Morgan fingerprint density at radius 1 is 1.14 bits per heavy atom. The Balaban J connectivity index is 1.44. The number of aromatic amines is 2. The number of benzene rings is 1. The molecule has 2 aliphatic rings. The largest absolute Gasteiger partial charge is 0.369 e. The summed E-state index contributed by atoms with van der Waals surface area (Å²) in [6.07, 6.45) is -2.17. The first kappa shape index (κ1) is 18.3. The van der Waals surface area contributed by atoms with Crippen LogP contribution in [-0.2, 0) is 25.6 Å². The van der Waals surface area contributed by atoms with Gasteiger partial charge in [-0.2, -0.15) is 4.98 Å². The van der Waals surface area contributed by atoms with Gasteiger partial charge in [0.05, 0.1) is 6.61 Å². The summed E-state index contributed by atoms with van der Waals surface area (Å²) in [4.78, 5) is 26.0. The average molecular weight is 399 g/mol. The maximum atomic E-state index is 12.1. The summed E-state index contributed by atoms with van der Waals surface area (Å²) in [5.74, 6) is -0.389. The summed E-state index contributed by atoms with van der Waals surface area (Å²) < 4.78 is 24.2. The molecule has 0 aliphatic carbocycles. The molecule has 10 nitrogen and oxygen atoms in total. The number of hydrogen-bond donors (Lipinski definition) is 3. The van der Waals surface area contributed by atoms with Crippen molar-refractivity contribution in [3.8, 4) is 0 Å². The number of aromatic nitrogens is 4. The van der Waals surface area contributed by atoms with Crippen molar-refractivity contribution in [3.63, 3.8) is 0 Å². The molecule has 2 aliphatic heterocycles. The number of rotatable bonds is 4. The van der Waals surface area contributed by atoms with Crippen molar-refractivity contribution in [2.45, 2.75) is 50.8 Å². The SMILES string of the molecule is CC1(C)O[C@H]2[C@H](OCc3ccccc3)O[C@H](c3nc4nc(N)[nH]c(=O)c4[nH]3)[C@H]2O1. The van der Waals surface area contributed by atoms with Gasteiger partial charge in [0, 0.05) is 0 Å². The zero-order valence-corrected chi connectivity index (χ0v) is 15.9. The van der Waals surface area contributed by atoms with Crippen LogP contribution in [0.4, 0.5) is 5.95 Å². The molecule has 10 heteroatoms. The molecule has 4 atom stereocenters. The maximum absolute atomic E-state index is 12.1. The second kappa shape index (κ2) is 6.63. The number of hydrogen-bond acceptors (Lipinski definition) is 8. The zero-order chi connectivity index (χ0) is 20.2.